The Morgan fingerprint density at radius 3 is 3.07 bits per heavy atom. The van der Waals surface area contributed by atoms with Gasteiger partial charge in [-0.15, -0.1) is 0 Å². The highest BCUT2D eigenvalue weighted by atomic mass is 16.3. The lowest BCUT2D eigenvalue weighted by atomic mass is 9.85. The molecule has 1 aromatic carbocycles. The van der Waals surface area contributed by atoms with Gasteiger partial charge in [-0.2, -0.15) is 0 Å². The maximum atomic E-state index is 9.63. The summed E-state index contributed by atoms with van der Waals surface area (Å²) in [7, 11) is 0. The molecule has 3 rings (SSSR count). The summed E-state index contributed by atoms with van der Waals surface area (Å²) in [5, 5.41) is 15.7. The Bertz CT molecular complexity index is 492. The molecule has 0 aromatic heterocycles. The molecule has 1 saturated carbocycles. The van der Waals surface area contributed by atoms with Gasteiger partial charge in [-0.3, -0.25) is 0 Å². The van der Waals surface area contributed by atoms with E-state index in [1.807, 2.05) is 0 Å². The Kier molecular flexibility index (Phi) is 2.03. The number of nitrogens with one attached hydrogen (secondary N) is 1. The van der Waals surface area contributed by atoms with Crippen molar-refractivity contribution in [2.45, 2.75) is 31.4 Å². The number of aliphatic hydroxyl groups excluding tert-OH is 1. The lowest BCUT2D eigenvalue weighted by molar-refractivity contribution is 0.140. The van der Waals surface area contributed by atoms with Crippen LogP contribution in [0.4, 0.5) is 0 Å². The standard InChI is InChI=1S/C13H15NO/c15-10-5-6-12-11-4-2-1-3-9(11)8-14-13(12)7-10/h1-4,8,10,13-15H,5-7H2. The predicted octanol–water partition coefficient (Wildman–Crippen LogP) is 0.0919. The van der Waals surface area contributed by atoms with E-state index in [9.17, 15) is 5.11 Å². The summed E-state index contributed by atoms with van der Waals surface area (Å²) < 4.78 is 0. The number of hydrogen-bond donors (Lipinski definition) is 2. The molecule has 15 heavy (non-hydrogen) atoms. The third kappa shape index (κ3) is 1.45. The van der Waals surface area contributed by atoms with Crippen molar-refractivity contribution >= 4 is 11.8 Å². The van der Waals surface area contributed by atoms with Gasteiger partial charge in [0.25, 0.3) is 0 Å². The molecule has 0 bridgehead atoms. The van der Waals surface area contributed by atoms with Gasteiger partial charge in [-0.05, 0) is 35.3 Å². The fourth-order valence-corrected chi connectivity index (χ4v) is 2.63. The molecule has 2 N–H and O–H groups in total. The van der Waals surface area contributed by atoms with Gasteiger partial charge in [0.05, 0.1) is 12.1 Å². The summed E-state index contributed by atoms with van der Waals surface area (Å²) in [6.07, 6.45) is 4.71. The van der Waals surface area contributed by atoms with Gasteiger partial charge in [0, 0.05) is 6.20 Å². The first-order valence-electron chi connectivity index (χ1n) is 5.57. The monoisotopic (exact) mass is 201 g/mol. The van der Waals surface area contributed by atoms with Crippen LogP contribution >= 0.6 is 0 Å². The first-order valence-corrected chi connectivity index (χ1v) is 5.57. The maximum absolute atomic E-state index is 9.63. The van der Waals surface area contributed by atoms with E-state index in [-0.39, 0.29) is 6.10 Å². The molecule has 2 aliphatic rings. The minimum absolute atomic E-state index is 0.134. The molecule has 2 atom stereocenters. The molecule has 2 heteroatoms. The minimum Gasteiger partial charge on any atom is -0.393 e. The summed E-state index contributed by atoms with van der Waals surface area (Å²) in [5.74, 6) is 0. The summed E-state index contributed by atoms with van der Waals surface area (Å²) in [4.78, 5) is 0. The van der Waals surface area contributed by atoms with E-state index >= 15 is 0 Å². The highest BCUT2D eigenvalue weighted by molar-refractivity contribution is 5.57. The average Bonchev–Trinajstić information content (AvgIpc) is 2.28. The van der Waals surface area contributed by atoms with Gasteiger partial charge in [0.1, 0.15) is 0 Å². The fraction of sp³-hybridized carbons (Fsp3) is 0.385. The zero-order valence-electron chi connectivity index (χ0n) is 8.61. The maximum Gasteiger partial charge on any atom is 0.0566 e. The lowest BCUT2D eigenvalue weighted by Crippen LogP contribution is -2.45. The molecule has 0 radical (unpaired) electrons. The quantitative estimate of drug-likeness (QED) is 0.623. The highest BCUT2D eigenvalue weighted by Gasteiger charge is 2.25. The van der Waals surface area contributed by atoms with Crippen molar-refractivity contribution < 1.29 is 5.11 Å². The predicted molar refractivity (Wildman–Crippen MR) is 60.3 cm³/mol. The Morgan fingerprint density at radius 2 is 2.13 bits per heavy atom. The smallest absolute Gasteiger partial charge is 0.0566 e. The second-order valence-electron chi connectivity index (χ2n) is 4.40. The Labute approximate surface area is 88.9 Å². The van der Waals surface area contributed by atoms with E-state index in [1.165, 1.54) is 16.0 Å². The van der Waals surface area contributed by atoms with Gasteiger partial charge in [-0.25, -0.2) is 0 Å². The van der Waals surface area contributed by atoms with Crippen LogP contribution in [0.5, 0.6) is 0 Å². The second-order valence-corrected chi connectivity index (χ2v) is 4.40. The zero-order chi connectivity index (χ0) is 10.3. The van der Waals surface area contributed by atoms with E-state index in [4.69, 9.17) is 0 Å². The average molecular weight is 201 g/mol. The van der Waals surface area contributed by atoms with E-state index in [0.717, 1.165) is 19.3 Å². The minimum atomic E-state index is -0.134. The Balaban J connectivity index is 2.18. The van der Waals surface area contributed by atoms with Gasteiger partial charge in [-0.1, -0.05) is 24.3 Å². The molecule has 78 valence electrons. The third-order valence-corrected chi connectivity index (χ3v) is 3.42. The molecular formula is C13H15NO. The molecule has 1 aromatic rings. The van der Waals surface area contributed by atoms with Crippen LogP contribution in [-0.4, -0.2) is 17.3 Å². The van der Waals surface area contributed by atoms with Crippen molar-refractivity contribution in [3.05, 3.63) is 34.7 Å². The van der Waals surface area contributed by atoms with Crippen molar-refractivity contribution in [3.8, 4) is 0 Å². The Morgan fingerprint density at radius 1 is 1.27 bits per heavy atom. The van der Waals surface area contributed by atoms with Gasteiger partial charge >= 0.3 is 0 Å². The third-order valence-electron chi connectivity index (χ3n) is 3.42. The normalized spacial score (nSPS) is 28.5. The van der Waals surface area contributed by atoms with Crippen molar-refractivity contribution in [1.82, 2.24) is 5.32 Å². The molecule has 1 aliphatic heterocycles. The number of benzene rings is 1. The van der Waals surface area contributed by atoms with Gasteiger partial charge in [0.15, 0.2) is 0 Å². The SMILES string of the molecule is OC1CCC2=c3ccccc3=CNC2C1. The molecular weight excluding hydrogens is 186 g/mol. The van der Waals surface area contributed by atoms with E-state index in [1.54, 1.807) is 0 Å². The van der Waals surface area contributed by atoms with Crippen LogP contribution in [0.15, 0.2) is 24.3 Å². The van der Waals surface area contributed by atoms with Crippen molar-refractivity contribution in [1.29, 1.82) is 0 Å². The van der Waals surface area contributed by atoms with Crippen LogP contribution in [0.25, 0.3) is 11.8 Å². The topological polar surface area (TPSA) is 32.3 Å². The molecule has 2 nitrogen and oxygen atoms in total. The van der Waals surface area contributed by atoms with Crippen LogP contribution in [0.3, 0.4) is 0 Å². The lowest BCUT2D eigenvalue weighted by Gasteiger charge is -2.31. The van der Waals surface area contributed by atoms with E-state index in [0.29, 0.717) is 6.04 Å². The first-order chi connectivity index (χ1) is 7.34. The molecule has 0 spiro atoms. The van der Waals surface area contributed by atoms with E-state index < -0.39 is 0 Å². The van der Waals surface area contributed by atoms with Crippen LogP contribution in [0.1, 0.15) is 19.3 Å². The largest absolute Gasteiger partial charge is 0.393 e. The summed E-state index contributed by atoms with van der Waals surface area (Å²) >= 11 is 0. The zero-order valence-corrected chi connectivity index (χ0v) is 8.61. The second kappa shape index (κ2) is 3.38. The van der Waals surface area contributed by atoms with Gasteiger partial charge in [0.2, 0.25) is 0 Å². The molecule has 0 amide bonds. The molecule has 1 aliphatic carbocycles. The summed E-state index contributed by atoms with van der Waals surface area (Å²) in [6.45, 7) is 0. The van der Waals surface area contributed by atoms with Crippen LogP contribution in [0, 0.1) is 0 Å². The molecule has 2 unspecified atom stereocenters. The molecule has 1 fully saturated rings. The van der Waals surface area contributed by atoms with Gasteiger partial charge < -0.3 is 10.4 Å². The highest BCUT2D eigenvalue weighted by Crippen LogP contribution is 2.24. The number of fused-ring (bicyclic) bond motifs is 2. The van der Waals surface area contributed by atoms with Crippen LogP contribution in [-0.2, 0) is 0 Å². The van der Waals surface area contributed by atoms with Crippen molar-refractivity contribution in [2.75, 3.05) is 0 Å². The van der Waals surface area contributed by atoms with Crippen LogP contribution in [0.2, 0.25) is 0 Å². The number of hydrogen-bond acceptors (Lipinski definition) is 2. The summed E-state index contributed by atoms with van der Waals surface area (Å²) in [6, 6.07) is 8.83. The first kappa shape index (κ1) is 8.98. The Hall–Kier alpha value is -1.28. The van der Waals surface area contributed by atoms with Crippen molar-refractivity contribution in [3.63, 3.8) is 0 Å². The van der Waals surface area contributed by atoms with Crippen molar-refractivity contribution in [2.24, 2.45) is 0 Å². The van der Waals surface area contributed by atoms with E-state index in [2.05, 4.69) is 35.8 Å². The molecule has 0 saturated heterocycles. The number of rotatable bonds is 0. The van der Waals surface area contributed by atoms with Crippen LogP contribution < -0.4 is 15.8 Å². The summed E-state index contributed by atoms with van der Waals surface area (Å²) in [5.41, 5.74) is 1.47. The number of aliphatic hydroxyl groups is 1. The molecule has 1 heterocycles. The fourth-order valence-electron chi connectivity index (χ4n) is 2.63.